The Morgan fingerprint density at radius 1 is 1.37 bits per heavy atom. The number of thiazole rings is 1. The van der Waals surface area contributed by atoms with Crippen molar-refractivity contribution in [2.45, 2.75) is 46.6 Å². The molecule has 0 aromatic carbocycles. The van der Waals surface area contributed by atoms with E-state index in [1.54, 1.807) is 0 Å². The lowest BCUT2D eigenvalue weighted by atomic mass is 9.97. The van der Waals surface area contributed by atoms with E-state index in [4.69, 9.17) is 0 Å². The smallest absolute Gasteiger partial charge is 0.0900 e. The maximum Gasteiger partial charge on any atom is 0.0900 e. The molecule has 1 aliphatic rings. The standard InChI is InChI=1S/C15H27N3S/c1-5-18(10-14-6-8-16-9-7-14)12(3)15-11(2)17-13(4)19-15/h12,14,16H,5-10H2,1-4H3. The molecule has 0 radical (unpaired) electrons. The molecule has 1 unspecified atom stereocenters. The van der Waals surface area contributed by atoms with Crippen molar-refractivity contribution in [3.8, 4) is 0 Å². The maximum absolute atomic E-state index is 4.58. The summed E-state index contributed by atoms with van der Waals surface area (Å²) in [4.78, 5) is 8.65. The third-order valence-corrected chi connectivity index (χ3v) is 5.47. The van der Waals surface area contributed by atoms with Crippen molar-refractivity contribution in [1.29, 1.82) is 0 Å². The van der Waals surface area contributed by atoms with Gasteiger partial charge in [-0.1, -0.05) is 6.92 Å². The van der Waals surface area contributed by atoms with Crippen molar-refractivity contribution in [2.75, 3.05) is 26.2 Å². The van der Waals surface area contributed by atoms with Gasteiger partial charge in [0.15, 0.2) is 0 Å². The highest BCUT2D eigenvalue weighted by Gasteiger charge is 2.23. The van der Waals surface area contributed by atoms with Gasteiger partial charge >= 0.3 is 0 Å². The van der Waals surface area contributed by atoms with Crippen LogP contribution in [0.2, 0.25) is 0 Å². The number of nitrogens with one attached hydrogen (secondary N) is 1. The van der Waals surface area contributed by atoms with E-state index in [0.29, 0.717) is 6.04 Å². The summed E-state index contributed by atoms with van der Waals surface area (Å²) in [6, 6.07) is 0.506. The number of aromatic nitrogens is 1. The Balaban J connectivity index is 2.01. The molecule has 108 valence electrons. The van der Waals surface area contributed by atoms with Gasteiger partial charge in [-0.2, -0.15) is 0 Å². The third-order valence-electron chi connectivity index (χ3n) is 4.22. The van der Waals surface area contributed by atoms with Gasteiger partial charge < -0.3 is 5.32 Å². The van der Waals surface area contributed by atoms with Gasteiger partial charge in [0.2, 0.25) is 0 Å². The van der Waals surface area contributed by atoms with Crippen molar-refractivity contribution < 1.29 is 0 Å². The molecule has 2 heterocycles. The molecule has 1 aromatic heterocycles. The number of aryl methyl sites for hydroxylation is 2. The van der Waals surface area contributed by atoms with Gasteiger partial charge in [0.1, 0.15) is 0 Å². The highest BCUT2D eigenvalue weighted by Crippen LogP contribution is 2.30. The van der Waals surface area contributed by atoms with Gasteiger partial charge in [-0.3, -0.25) is 4.90 Å². The molecule has 1 saturated heterocycles. The van der Waals surface area contributed by atoms with Gasteiger partial charge in [-0.15, -0.1) is 11.3 Å². The van der Waals surface area contributed by atoms with Crippen molar-refractivity contribution in [1.82, 2.24) is 15.2 Å². The fourth-order valence-corrected chi connectivity index (χ4v) is 4.07. The molecule has 1 atom stereocenters. The van der Waals surface area contributed by atoms with Crippen LogP contribution in [0, 0.1) is 19.8 Å². The van der Waals surface area contributed by atoms with Crippen molar-refractivity contribution in [3.63, 3.8) is 0 Å². The second-order valence-corrected chi connectivity index (χ2v) is 6.87. The summed E-state index contributed by atoms with van der Waals surface area (Å²) in [6.45, 7) is 13.6. The zero-order valence-corrected chi connectivity index (χ0v) is 13.5. The first-order valence-corrected chi connectivity index (χ1v) is 8.32. The van der Waals surface area contributed by atoms with Gasteiger partial charge in [-0.25, -0.2) is 4.98 Å². The summed E-state index contributed by atoms with van der Waals surface area (Å²) in [6.07, 6.45) is 2.65. The van der Waals surface area contributed by atoms with Gasteiger partial charge in [-0.05, 0) is 59.2 Å². The topological polar surface area (TPSA) is 28.2 Å². The van der Waals surface area contributed by atoms with Gasteiger partial charge in [0, 0.05) is 17.5 Å². The second-order valence-electron chi connectivity index (χ2n) is 5.64. The van der Waals surface area contributed by atoms with E-state index < -0.39 is 0 Å². The van der Waals surface area contributed by atoms with Crippen LogP contribution in [0.15, 0.2) is 0 Å². The minimum absolute atomic E-state index is 0.506. The average Bonchev–Trinajstić information content (AvgIpc) is 2.75. The molecule has 1 N–H and O–H groups in total. The fourth-order valence-electron chi connectivity index (χ4n) is 3.06. The van der Waals surface area contributed by atoms with E-state index in [1.165, 1.54) is 48.1 Å². The predicted octanol–water partition coefficient (Wildman–Crippen LogP) is 3.14. The molecule has 3 nitrogen and oxygen atoms in total. The summed E-state index contributed by atoms with van der Waals surface area (Å²) >= 11 is 1.86. The molecule has 4 heteroatoms. The van der Waals surface area contributed by atoms with Gasteiger partial charge in [0.05, 0.1) is 10.7 Å². The maximum atomic E-state index is 4.58. The molecule has 0 amide bonds. The molecule has 0 saturated carbocycles. The predicted molar refractivity (Wildman–Crippen MR) is 82.8 cm³/mol. The lowest BCUT2D eigenvalue weighted by Crippen LogP contribution is -2.37. The number of hydrogen-bond donors (Lipinski definition) is 1. The Hall–Kier alpha value is -0.450. The van der Waals surface area contributed by atoms with E-state index >= 15 is 0 Å². The molecule has 0 bridgehead atoms. The second kappa shape index (κ2) is 6.82. The molecule has 1 aliphatic heterocycles. The van der Waals surface area contributed by atoms with E-state index in [-0.39, 0.29) is 0 Å². The number of hydrogen-bond acceptors (Lipinski definition) is 4. The molecule has 1 aromatic rings. The lowest BCUT2D eigenvalue weighted by molar-refractivity contribution is 0.170. The fraction of sp³-hybridized carbons (Fsp3) is 0.800. The van der Waals surface area contributed by atoms with E-state index in [1.807, 2.05) is 11.3 Å². The lowest BCUT2D eigenvalue weighted by Gasteiger charge is -2.33. The largest absolute Gasteiger partial charge is 0.317 e. The summed E-state index contributed by atoms with van der Waals surface area (Å²) in [5, 5.41) is 4.64. The molecular formula is C15H27N3S. The minimum atomic E-state index is 0.506. The molecule has 19 heavy (non-hydrogen) atoms. The molecular weight excluding hydrogens is 254 g/mol. The van der Waals surface area contributed by atoms with Crippen LogP contribution in [0.3, 0.4) is 0 Å². The first-order valence-electron chi connectivity index (χ1n) is 7.50. The van der Waals surface area contributed by atoms with Crippen LogP contribution in [-0.4, -0.2) is 36.1 Å². The first-order chi connectivity index (χ1) is 9.11. The summed E-state index contributed by atoms with van der Waals surface area (Å²) in [5.74, 6) is 0.859. The zero-order chi connectivity index (χ0) is 13.8. The number of piperidine rings is 1. The third kappa shape index (κ3) is 3.77. The highest BCUT2D eigenvalue weighted by atomic mass is 32.1. The highest BCUT2D eigenvalue weighted by molar-refractivity contribution is 7.11. The Morgan fingerprint density at radius 3 is 2.58 bits per heavy atom. The first kappa shape index (κ1) is 14.9. The Kier molecular flexibility index (Phi) is 5.37. The monoisotopic (exact) mass is 281 g/mol. The molecule has 1 fully saturated rings. The van der Waals surface area contributed by atoms with Crippen LogP contribution in [-0.2, 0) is 0 Å². The Morgan fingerprint density at radius 2 is 2.05 bits per heavy atom. The van der Waals surface area contributed by atoms with Crippen LogP contribution in [0.5, 0.6) is 0 Å². The minimum Gasteiger partial charge on any atom is -0.317 e. The quantitative estimate of drug-likeness (QED) is 0.898. The van der Waals surface area contributed by atoms with E-state index in [2.05, 4.69) is 42.9 Å². The van der Waals surface area contributed by atoms with Crippen molar-refractivity contribution in [2.24, 2.45) is 5.92 Å². The molecule has 0 spiro atoms. The van der Waals surface area contributed by atoms with Crippen LogP contribution in [0.25, 0.3) is 0 Å². The van der Waals surface area contributed by atoms with Crippen molar-refractivity contribution in [3.05, 3.63) is 15.6 Å². The SMILES string of the molecule is CCN(CC1CCNCC1)C(C)c1sc(C)nc1C. The van der Waals surface area contributed by atoms with Crippen LogP contribution < -0.4 is 5.32 Å². The summed E-state index contributed by atoms with van der Waals surface area (Å²) in [5.41, 5.74) is 1.22. The Labute approximate surface area is 121 Å². The molecule has 0 aliphatic carbocycles. The van der Waals surface area contributed by atoms with Gasteiger partial charge in [0.25, 0.3) is 0 Å². The number of nitrogens with zero attached hydrogens (tertiary/aromatic N) is 2. The normalized spacial score (nSPS) is 19.0. The average molecular weight is 281 g/mol. The van der Waals surface area contributed by atoms with Crippen LogP contribution in [0.1, 0.15) is 48.3 Å². The van der Waals surface area contributed by atoms with Crippen LogP contribution >= 0.6 is 11.3 Å². The Bertz CT molecular complexity index is 396. The van der Waals surface area contributed by atoms with E-state index in [0.717, 1.165) is 12.5 Å². The zero-order valence-electron chi connectivity index (χ0n) is 12.7. The molecule has 2 rings (SSSR count). The van der Waals surface area contributed by atoms with E-state index in [9.17, 15) is 0 Å². The summed E-state index contributed by atoms with van der Waals surface area (Å²) < 4.78 is 0. The summed E-state index contributed by atoms with van der Waals surface area (Å²) in [7, 11) is 0. The van der Waals surface area contributed by atoms with Crippen LogP contribution in [0.4, 0.5) is 0 Å². The van der Waals surface area contributed by atoms with Crippen molar-refractivity contribution >= 4 is 11.3 Å². The number of rotatable bonds is 5.